The van der Waals surface area contributed by atoms with E-state index in [1.165, 1.54) is 16.1 Å². The molecule has 2 aromatic rings. The molecule has 1 aromatic heterocycles. The van der Waals surface area contributed by atoms with E-state index in [-0.39, 0.29) is 24.0 Å². The number of guanidine groups is 1. The SMILES string of the molecule is CCNC(=NCc1cccc(N(C)C)c1)N(C)CCc1cccs1.I. The molecule has 0 aliphatic rings. The molecule has 1 N–H and O–H groups in total. The quantitative estimate of drug-likeness (QED) is 0.375. The molecular weight excluding hydrogens is 443 g/mol. The van der Waals surface area contributed by atoms with Gasteiger partial charge < -0.3 is 15.1 Å². The normalized spacial score (nSPS) is 11.0. The second kappa shape index (κ2) is 11.4. The van der Waals surface area contributed by atoms with Crippen LogP contribution in [0.15, 0.2) is 46.8 Å². The largest absolute Gasteiger partial charge is 0.378 e. The Bertz CT molecular complexity index is 641. The molecule has 0 spiro atoms. The minimum absolute atomic E-state index is 0. The maximum atomic E-state index is 4.80. The second-order valence-electron chi connectivity index (χ2n) is 5.99. The lowest BCUT2D eigenvalue weighted by Gasteiger charge is -2.22. The lowest BCUT2D eigenvalue weighted by Crippen LogP contribution is -2.39. The fourth-order valence-electron chi connectivity index (χ4n) is 2.41. The Balaban J connectivity index is 0.00000312. The first kappa shape index (κ1) is 21.8. The number of benzene rings is 1. The van der Waals surface area contributed by atoms with Crippen molar-refractivity contribution in [1.82, 2.24) is 10.2 Å². The fraction of sp³-hybridized carbons (Fsp3) is 0.421. The summed E-state index contributed by atoms with van der Waals surface area (Å²) in [4.78, 5) is 10.5. The van der Waals surface area contributed by atoms with Crippen molar-refractivity contribution in [3.8, 4) is 0 Å². The van der Waals surface area contributed by atoms with Crippen molar-refractivity contribution in [2.45, 2.75) is 19.9 Å². The van der Waals surface area contributed by atoms with Gasteiger partial charge in [0.1, 0.15) is 0 Å². The third kappa shape index (κ3) is 7.23. The Kier molecular flexibility index (Phi) is 9.89. The zero-order valence-electron chi connectivity index (χ0n) is 15.5. The summed E-state index contributed by atoms with van der Waals surface area (Å²) in [6.45, 7) is 4.63. The first-order chi connectivity index (χ1) is 11.6. The monoisotopic (exact) mass is 472 g/mol. The van der Waals surface area contributed by atoms with Gasteiger partial charge in [-0.25, -0.2) is 4.99 Å². The summed E-state index contributed by atoms with van der Waals surface area (Å²) in [5.41, 5.74) is 2.43. The van der Waals surface area contributed by atoms with Crippen LogP contribution in [0, 0.1) is 0 Å². The number of thiophene rings is 1. The molecule has 6 heteroatoms. The van der Waals surface area contributed by atoms with Crippen molar-refractivity contribution in [2.75, 3.05) is 39.1 Å². The maximum Gasteiger partial charge on any atom is 0.193 e. The molecule has 4 nitrogen and oxygen atoms in total. The minimum atomic E-state index is 0. The Labute approximate surface area is 173 Å². The Morgan fingerprint density at radius 2 is 1.96 bits per heavy atom. The van der Waals surface area contributed by atoms with Crippen LogP contribution >= 0.6 is 35.3 Å². The fourth-order valence-corrected chi connectivity index (χ4v) is 3.11. The van der Waals surface area contributed by atoms with Crippen LogP contribution in [0.2, 0.25) is 0 Å². The van der Waals surface area contributed by atoms with Crippen molar-refractivity contribution in [3.05, 3.63) is 52.2 Å². The molecule has 0 fully saturated rings. The van der Waals surface area contributed by atoms with Gasteiger partial charge in [0.25, 0.3) is 0 Å². The maximum absolute atomic E-state index is 4.80. The predicted octanol–water partition coefficient (Wildman–Crippen LogP) is 4.07. The van der Waals surface area contributed by atoms with E-state index in [9.17, 15) is 0 Å². The number of hydrogen-bond acceptors (Lipinski definition) is 3. The van der Waals surface area contributed by atoms with Gasteiger partial charge in [0.05, 0.1) is 6.54 Å². The highest BCUT2D eigenvalue weighted by Gasteiger charge is 2.06. The van der Waals surface area contributed by atoms with Gasteiger partial charge in [-0.05, 0) is 42.5 Å². The number of likely N-dealkylation sites (N-methyl/N-ethyl adjacent to an activating group) is 1. The smallest absolute Gasteiger partial charge is 0.193 e. The molecule has 1 heterocycles. The molecule has 0 aliphatic carbocycles. The van der Waals surface area contributed by atoms with Gasteiger partial charge >= 0.3 is 0 Å². The molecule has 0 aliphatic heterocycles. The van der Waals surface area contributed by atoms with Gasteiger partial charge in [0, 0.05) is 44.8 Å². The van der Waals surface area contributed by atoms with Crippen LogP contribution in [0.1, 0.15) is 17.4 Å². The number of anilines is 1. The van der Waals surface area contributed by atoms with Gasteiger partial charge in [-0.15, -0.1) is 35.3 Å². The van der Waals surface area contributed by atoms with Crippen LogP contribution in [0.5, 0.6) is 0 Å². The molecule has 0 amide bonds. The number of rotatable bonds is 7. The molecule has 0 unspecified atom stereocenters. The van der Waals surface area contributed by atoms with Crippen LogP contribution in [0.3, 0.4) is 0 Å². The summed E-state index contributed by atoms with van der Waals surface area (Å²) < 4.78 is 0. The van der Waals surface area contributed by atoms with E-state index in [1.54, 1.807) is 0 Å². The Morgan fingerprint density at radius 3 is 2.60 bits per heavy atom. The Hall–Kier alpha value is -1.28. The topological polar surface area (TPSA) is 30.9 Å². The summed E-state index contributed by atoms with van der Waals surface area (Å²) in [5.74, 6) is 0.962. The summed E-state index contributed by atoms with van der Waals surface area (Å²) in [7, 11) is 6.22. The molecule has 0 atom stereocenters. The number of nitrogens with zero attached hydrogens (tertiary/aromatic N) is 3. The average Bonchev–Trinajstić information content (AvgIpc) is 3.10. The molecule has 2 rings (SSSR count). The minimum Gasteiger partial charge on any atom is -0.378 e. The first-order valence-corrected chi connectivity index (χ1v) is 9.26. The highest BCUT2D eigenvalue weighted by molar-refractivity contribution is 14.0. The highest BCUT2D eigenvalue weighted by atomic mass is 127. The van der Waals surface area contributed by atoms with E-state index in [1.807, 2.05) is 11.3 Å². The van der Waals surface area contributed by atoms with Gasteiger partial charge in [0.15, 0.2) is 5.96 Å². The molecule has 0 bridgehead atoms. The average molecular weight is 472 g/mol. The molecule has 1 aromatic carbocycles. The third-order valence-corrected chi connectivity index (χ3v) is 4.74. The van der Waals surface area contributed by atoms with Crippen LogP contribution in [-0.2, 0) is 13.0 Å². The number of nitrogens with one attached hydrogen (secondary N) is 1. The molecule has 25 heavy (non-hydrogen) atoms. The van der Waals surface area contributed by atoms with E-state index in [0.717, 1.165) is 25.5 Å². The summed E-state index contributed by atoms with van der Waals surface area (Å²) in [6, 6.07) is 12.8. The summed E-state index contributed by atoms with van der Waals surface area (Å²) >= 11 is 1.81. The molecular formula is C19H29IN4S. The van der Waals surface area contributed by atoms with Crippen molar-refractivity contribution < 1.29 is 0 Å². The predicted molar refractivity (Wildman–Crippen MR) is 122 cm³/mol. The van der Waals surface area contributed by atoms with Crippen LogP contribution in [0.25, 0.3) is 0 Å². The molecule has 0 saturated carbocycles. The first-order valence-electron chi connectivity index (χ1n) is 8.38. The van der Waals surface area contributed by atoms with Crippen molar-refractivity contribution in [3.63, 3.8) is 0 Å². The van der Waals surface area contributed by atoms with Crippen LogP contribution < -0.4 is 10.2 Å². The van der Waals surface area contributed by atoms with E-state index < -0.39 is 0 Å². The number of halogens is 1. The Morgan fingerprint density at radius 1 is 1.16 bits per heavy atom. The van der Waals surface area contributed by atoms with Gasteiger partial charge in [-0.2, -0.15) is 0 Å². The van der Waals surface area contributed by atoms with Gasteiger partial charge in [0.2, 0.25) is 0 Å². The van der Waals surface area contributed by atoms with Crippen LogP contribution in [0.4, 0.5) is 5.69 Å². The van der Waals surface area contributed by atoms with Gasteiger partial charge in [-0.1, -0.05) is 18.2 Å². The highest BCUT2D eigenvalue weighted by Crippen LogP contribution is 2.14. The third-order valence-electron chi connectivity index (χ3n) is 3.81. The van der Waals surface area contributed by atoms with Crippen molar-refractivity contribution in [2.24, 2.45) is 4.99 Å². The molecule has 0 radical (unpaired) electrons. The van der Waals surface area contributed by atoms with Crippen molar-refractivity contribution in [1.29, 1.82) is 0 Å². The standard InChI is InChI=1S/C19H28N4S.HI/c1-5-20-19(23(4)12-11-18-10-7-13-24-18)21-15-16-8-6-9-17(14-16)22(2)3;/h6-10,13-14H,5,11-12,15H2,1-4H3,(H,20,21);1H. The second-order valence-corrected chi connectivity index (χ2v) is 7.02. The number of hydrogen-bond donors (Lipinski definition) is 1. The van der Waals surface area contributed by atoms with Crippen LogP contribution in [-0.4, -0.2) is 45.1 Å². The summed E-state index contributed by atoms with van der Waals surface area (Å²) in [5, 5.41) is 5.52. The van der Waals surface area contributed by atoms with E-state index in [0.29, 0.717) is 6.54 Å². The molecule has 0 saturated heterocycles. The van der Waals surface area contributed by atoms with Gasteiger partial charge in [-0.3, -0.25) is 0 Å². The van der Waals surface area contributed by atoms with Crippen molar-refractivity contribution >= 4 is 47.0 Å². The summed E-state index contributed by atoms with van der Waals surface area (Å²) in [6.07, 6.45) is 1.05. The lowest BCUT2D eigenvalue weighted by molar-refractivity contribution is 0.486. The lowest BCUT2D eigenvalue weighted by atomic mass is 10.2. The van der Waals surface area contributed by atoms with E-state index in [2.05, 4.69) is 85.0 Å². The molecule has 138 valence electrons. The number of aliphatic imine (C=N–C) groups is 1. The van der Waals surface area contributed by atoms with E-state index in [4.69, 9.17) is 4.99 Å². The zero-order valence-corrected chi connectivity index (χ0v) is 18.7. The van der Waals surface area contributed by atoms with E-state index >= 15 is 0 Å². The zero-order chi connectivity index (χ0) is 17.4.